The van der Waals surface area contributed by atoms with Crippen molar-refractivity contribution < 1.29 is 9.53 Å². The zero-order chi connectivity index (χ0) is 16.8. The number of hydrogen-bond acceptors (Lipinski definition) is 5. The van der Waals surface area contributed by atoms with Crippen molar-refractivity contribution in [2.24, 2.45) is 5.92 Å². The summed E-state index contributed by atoms with van der Waals surface area (Å²) in [6.45, 7) is 10.3. The lowest BCUT2D eigenvalue weighted by atomic mass is 10.0. The van der Waals surface area contributed by atoms with Crippen LogP contribution in [0.15, 0.2) is 0 Å². The molecule has 0 aromatic heterocycles. The third kappa shape index (κ3) is 5.91. The zero-order valence-electron chi connectivity index (χ0n) is 14.0. The summed E-state index contributed by atoms with van der Waals surface area (Å²) in [6, 6.07) is 4.40. The van der Waals surface area contributed by atoms with Crippen LogP contribution >= 0.6 is 0 Å². The summed E-state index contributed by atoms with van der Waals surface area (Å²) in [5, 5.41) is 17.8. The lowest BCUT2D eigenvalue weighted by molar-refractivity contribution is 0.000475. The van der Waals surface area contributed by atoms with E-state index in [0.29, 0.717) is 25.9 Å². The van der Waals surface area contributed by atoms with Crippen molar-refractivity contribution in [2.45, 2.75) is 52.2 Å². The van der Waals surface area contributed by atoms with Crippen molar-refractivity contribution in [2.75, 3.05) is 26.2 Å². The highest BCUT2D eigenvalue weighted by Crippen LogP contribution is 2.17. The molecule has 0 saturated carbocycles. The first-order valence-electron chi connectivity index (χ1n) is 7.75. The molecule has 0 N–H and O–H groups in total. The van der Waals surface area contributed by atoms with Gasteiger partial charge in [-0.2, -0.15) is 10.5 Å². The average molecular weight is 306 g/mol. The predicted molar refractivity (Wildman–Crippen MR) is 82.8 cm³/mol. The minimum Gasteiger partial charge on any atom is -0.444 e. The first-order chi connectivity index (χ1) is 10.3. The molecule has 0 bridgehead atoms. The summed E-state index contributed by atoms with van der Waals surface area (Å²) < 4.78 is 5.42. The van der Waals surface area contributed by atoms with E-state index in [9.17, 15) is 4.79 Å². The fraction of sp³-hybridized carbons (Fsp3) is 0.812. The summed E-state index contributed by atoms with van der Waals surface area (Å²) in [5.41, 5.74) is -0.489. The number of rotatable bonds is 4. The maximum Gasteiger partial charge on any atom is 0.410 e. The number of nitriles is 2. The van der Waals surface area contributed by atoms with Gasteiger partial charge in [-0.05, 0) is 34.1 Å². The van der Waals surface area contributed by atoms with Crippen molar-refractivity contribution in [3.05, 3.63) is 0 Å². The lowest BCUT2D eigenvalue weighted by Gasteiger charge is -2.40. The van der Waals surface area contributed by atoms with Gasteiger partial charge in [0.25, 0.3) is 0 Å². The standard InChI is InChI=1S/C16H26N4O2/c1-13-11-19(12-14(10-18)6-5-7-17)8-9-20(13)15(21)22-16(2,3)4/h13-14H,5-6,8-9,11-12H2,1-4H3/t13-,14-/m1/s1. The smallest absolute Gasteiger partial charge is 0.410 e. The Morgan fingerprint density at radius 1 is 1.36 bits per heavy atom. The van der Waals surface area contributed by atoms with E-state index in [0.717, 1.165) is 13.1 Å². The van der Waals surface area contributed by atoms with Crippen LogP contribution in [0.3, 0.4) is 0 Å². The van der Waals surface area contributed by atoms with Crippen LogP contribution in [0.5, 0.6) is 0 Å². The molecule has 1 rings (SSSR count). The van der Waals surface area contributed by atoms with Gasteiger partial charge < -0.3 is 9.64 Å². The molecule has 122 valence electrons. The van der Waals surface area contributed by atoms with E-state index in [1.165, 1.54) is 0 Å². The molecular formula is C16H26N4O2. The third-order valence-electron chi connectivity index (χ3n) is 3.61. The van der Waals surface area contributed by atoms with Crippen molar-refractivity contribution >= 4 is 6.09 Å². The molecule has 1 amide bonds. The molecule has 0 spiro atoms. The largest absolute Gasteiger partial charge is 0.444 e. The topological polar surface area (TPSA) is 80.4 Å². The fourth-order valence-electron chi connectivity index (χ4n) is 2.54. The quantitative estimate of drug-likeness (QED) is 0.796. The molecule has 0 aromatic rings. The average Bonchev–Trinajstić information content (AvgIpc) is 2.41. The van der Waals surface area contributed by atoms with Gasteiger partial charge in [0.05, 0.1) is 18.1 Å². The Morgan fingerprint density at radius 2 is 2.05 bits per heavy atom. The first kappa shape index (κ1) is 18.3. The summed E-state index contributed by atoms with van der Waals surface area (Å²) >= 11 is 0. The second-order valence-electron chi connectivity index (χ2n) is 6.81. The van der Waals surface area contributed by atoms with Gasteiger partial charge in [-0.25, -0.2) is 4.79 Å². The van der Waals surface area contributed by atoms with Gasteiger partial charge >= 0.3 is 6.09 Å². The molecule has 22 heavy (non-hydrogen) atoms. The van der Waals surface area contributed by atoms with Crippen LogP contribution in [0.2, 0.25) is 0 Å². The molecule has 6 heteroatoms. The minimum absolute atomic E-state index is 0.0545. The van der Waals surface area contributed by atoms with E-state index in [4.69, 9.17) is 15.3 Å². The number of ether oxygens (including phenoxy) is 1. The maximum atomic E-state index is 12.1. The van der Waals surface area contributed by atoms with Crippen molar-refractivity contribution in [1.29, 1.82) is 10.5 Å². The molecule has 1 saturated heterocycles. The zero-order valence-corrected chi connectivity index (χ0v) is 14.0. The van der Waals surface area contributed by atoms with Gasteiger partial charge in [0.15, 0.2) is 0 Å². The van der Waals surface area contributed by atoms with E-state index in [-0.39, 0.29) is 18.1 Å². The molecule has 0 unspecified atom stereocenters. The van der Waals surface area contributed by atoms with Crippen molar-refractivity contribution in [3.63, 3.8) is 0 Å². The fourth-order valence-corrected chi connectivity index (χ4v) is 2.54. The SMILES string of the molecule is C[C@@H]1CN(C[C@@H](C#N)CCC#N)CCN1C(=O)OC(C)(C)C. The van der Waals surface area contributed by atoms with Crippen LogP contribution in [0.4, 0.5) is 4.79 Å². The predicted octanol–water partition coefficient (Wildman–Crippen LogP) is 2.37. The molecule has 0 radical (unpaired) electrons. The molecule has 1 fully saturated rings. The molecular weight excluding hydrogens is 280 g/mol. The van der Waals surface area contributed by atoms with Crippen LogP contribution in [0.1, 0.15) is 40.5 Å². The maximum absolute atomic E-state index is 12.1. The Balaban J connectivity index is 2.50. The van der Waals surface area contributed by atoms with Crippen LogP contribution in [0, 0.1) is 28.6 Å². The number of piperazine rings is 1. The normalized spacial score (nSPS) is 20.8. The minimum atomic E-state index is -0.489. The molecule has 6 nitrogen and oxygen atoms in total. The Hall–Kier alpha value is -1.79. The Kier molecular flexibility index (Phi) is 6.64. The van der Waals surface area contributed by atoms with Gasteiger partial charge in [0.1, 0.15) is 5.60 Å². The number of amides is 1. The second-order valence-corrected chi connectivity index (χ2v) is 6.81. The Bertz CT molecular complexity index is 458. The van der Waals surface area contributed by atoms with E-state index < -0.39 is 5.60 Å². The number of nitrogens with zero attached hydrogens (tertiary/aromatic N) is 4. The molecule has 2 atom stereocenters. The number of carbonyl (C=O) groups is 1. The van der Waals surface area contributed by atoms with Gasteiger partial charge in [-0.15, -0.1) is 0 Å². The lowest BCUT2D eigenvalue weighted by Crippen LogP contribution is -2.55. The van der Waals surface area contributed by atoms with Gasteiger partial charge in [0, 0.05) is 38.6 Å². The van der Waals surface area contributed by atoms with E-state index in [1.54, 1.807) is 4.90 Å². The number of hydrogen-bond donors (Lipinski definition) is 0. The Labute approximate surface area is 133 Å². The summed E-state index contributed by atoms with van der Waals surface area (Å²) in [6.07, 6.45) is 0.736. The highest BCUT2D eigenvalue weighted by molar-refractivity contribution is 5.68. The van der Waals surface area contributed by atoms with E-state index in [2.05, 4.69) is 17.0 Å². The monoisotopic (exact) mass is 306 g/mol. The molecule has 1 aliphatic rings. The van der Waals surface area contributed by atoms with E-state index in [1.807, 2.05) is 27.7 Å². The highest BCUT2D eigenvalue weighted by Gasteiger charge is 2.31. The van der Waals surface area contributed by atoms with E-state index >= 15 is 0 Å². The number of carbonyl (C=O) groups excluding carboxylic acids is 1. The van der Waals surface area contributed by atoms with Crippen LogP contribution in [0.25, 0.3) is 0 Å². The summed E-state index contributed by atoms with van der Waals surface area (Å²) in [7, 11) is 0. The molecule has 1 aliphatic heterocycles. The summed E-state index contributed by atoms with van der Waals surface area (Å²) in [4.78, 5) is 16.1. The van der Waals surface area contributed by atoms with Crippen molar-refractivity contribution in [3.8, 4) is 12.1 Å². The van der Waals surface area contributed by atoms with Gasteiger partial charge in [0.2, 0.25) is 0 Å². The third-order valence-corrected chi connectivity index (χ3v) is 3.61. The van der Waals surface area contributed by atoms with Gasteiger partial charge in [-0.1, -0.05) is 0 Å². The molecule has 0 aliphatic carbocycles. The van der Waals surface area contributed by atoms with Crippen LogP contribution in [-0.2, 0) is 4.74 Å². The van der Waals surface area contributed by atoms with Crippen LogP contribution in [-0.4, -0.2) is 53.7 Å². The van der Waals surface area contributed by atoms with Crippen LogP contribution < -0.4 is 0 Å². The Morgan fingerprint density at radius 3 is 2.55 bits per heavy atom. The highest BCUT2D eigenvalue weighted by atomic mass is 16.6. The van der Waals surface area contributed by atoms with Crippen molar-refractivity contribution in [1.82, 2.24) is 9.80 Å². The first-order valence-corrected chi connectivity index (χ1v) is 7.75. The van der Waals surface area contributed by atoms with Gasteiger partial charge in [-0.3, -0.25) is 4.90 Å². The second kappa shape index (κ2) is 8.00. The summed E-state index contributed by atoms with van der Waals surface area (Å²) in [5.74, 6) is -0.125. The molecule has 1 heterocycles. The molecule has 0 aromatic carbocycles.